The van der Waals surface area contributed by atoms with Gasteiger partial charge in [-0.3, -0.25) is 0 Å². The molecule has 0 aliphatic rings. The molecule has 0 aliphatic heterocycles. The predicted molar refractivity (Wildman–Crippen MR) is 58.0 cm³/mol. The van der Waals surface area contributed by atoms with Gasteiger partial charge in [-0.2, -0.15) is 0 Å². The SMILES string of the molecule is CCCNC(CCOC)CC(C)C. The van der Waals surface area contributed by atoms with Crippen molar-refractivity contribution in [3.63, 3.8) is 0 Å². The van der Waals surface area contributed by atoms with Crippen LogP contribution < -0.4 is 5.32 Å². The lowest BCUT2D eigenvalue weighted by atomic mass is 10.0. The summed E-state index contributed by atoms with van der Waals surface area (Å²) < 4.78 is 5.09. The second-order valence-electron chi connectivity index (χ2n) is 4.06. The summed E-state index contributed by atoms with van der Waals surface area (Å²) in [5, 5.41) is 3.56. The number of methoxy groups -OCH3 is 1. The van der Waals surface area contributed by atoms with Gasteiger partial charge < -0.3 is 10.1 Å². The standard InChI is InChI=1S/C11H25NO/c1-5-7-12-11(6-8-13-4)9-10(2)3/h10-12H,5-9H2,1-4H3. The van der Waals surface area contributed by atoms with Crippen molar-refractivity contribution in [2.45, 2.75) is 46.1 Å². The number of ether oxygens (including phenoxy) is 1. The smallest absolute Gasteiger partial charge is 0.0477 e. The Hall–Kier alpha value is -0.0800. The van der Waals surface area contributed by atoms with Crippen LogP contribution in [0.2, 0.25) is 0 Å². The highest BCUT2D eigenvalue weighted by molar-refractivity contribution is 4.67. The van der Waals surface area contributed by atoms with Gasteiger partial charge in [0.25, 0.3) is 0 Å². The van der Waals surface area contributed by atoms with E-state index in [1.807, 2.05) is 0 Å². The quantitative estimate of drug-likeness (QED) is 0.630. The van der Waals surface area contributed by atoms with Crippen LogP contribution in [-0.2, 0) is 4.74 Å². The molecule has 80 valence electrons. The minimum atomic E-state index is 0.639. The van der Waals surface area contributed by atoms with Crippen LogP contribution in [0.5, 0.6) is 0 Å². The number of hydrogen-bond donors (Lipinski definition) is 1. The summed E-state index contributed by atoms with van der Waals surface area (Å²) in [7, 11) is 1.77. The topological polar surface area (TPSA) is 21.3 Å². The van der Waals surface area contributed by atoms with Crippen LogP contribution in [0, 0.1) is 5.92 Å². The van der Waals surface area contributed by atoms with Gasteiger partial charge in [-0.25, -0.2) is 0 Å². The van der Waals surface area contributed by atoms with E-state index in [-0.39, 0.29) is 0 Å². The van der Waals surface area contributed by atoms with E-state index < -0.39 is 0 Å². The Morgan fingerprint density at radius 1 is 1.31 bits per heavy atom. The fourth-order valence-corrected chi connectivity index (χ4v) is 1.48. The number of nitrogens with one attached hydrogen (secondary N) is 1. The summed E-state index contributed by atoms with van der Waals surface area (Å²) in [5.41, 5.74) is 0. The van der Waals surface area contributed by atoms with Gasteiger partial charge in [0.15, 0.2) is 0 Å². The van der Waals surface area contributed by atoms with Crippen LogP contribution >= 0.6 is 0 Å². The first kappa shape index (κ1) is 12.9. The lowest BCUT2D eigenvalue weighted by Gasteiger charge is -2.19. The third-order valence-corrected chi connectivity index (χ3v) is 2.11. The Kier molecular flexibility index (Phi) is 8.46. The van der Waals surface area contributed by atoms with Gasteiger partial charge in [-0.15, -0.1) is 0 Å². The van der Waals surface area contributed by atoms with E-state index >= 15 is 0 Å². The van der Waals surface area contributed by atoms with Gasteiger partial charge >= 0.3 is 0 Å². The molecule has 0 amide bonds. The van der Waals surface area contributed by atoms with E-state index in [0.717, 1.165) is 25.5 Å². The van der Waals surface area contributed by atoms with Gasteiger partial charge in [0, 0.05) is 19.8 Å². The van der Waals surface area contributed by atoms with Crippen molar-refractivity contribution >= 4 is 0 Å². The van der Waals surface area contributed by atoms with Crippen molar-refractivity contribution in [2.24, 2.45) is 5.92 Å². The molecule has 0 aromatic carbocycles. The summed E-state index contributed by atoms with van der Waals surface area (Å²) in [4.78, 5) is 0. The molecule has 0 radical (unpaired) electrons. The molecule has 0 aromatic heterocycles. The van der Waals surface area contributed by atoms with Crippen molar-refractivity contribution in [3.8, 4) is 0 Å². The van der Waals surface area contributed by atoms with Gasteiger partial charge in [-0.05, 0) is 31.7 Å². The molecule has 2 heteroatoms. The summed E-state index contributed by atoms with van der Waals surface area (Å²) in [6.45, 7) is 8.74. The zero-order valence-corrected chi connectivity index (χ0v) is 9.60. The maximum Gasteiger partial charge on any atom is 0.0477 e. The molecule has 0 spiro atoms. The van der Waals surface area contributed by atoms with Crippen molar-refractivity contribution in [1.82, 2.24) is 5.32 Å². The minimum absolute atomic E-state index is 0.639. The Labute approximate surface area is 83.1 Å². The van der Waals surface area contributed by atoms with Crippen LogP contribution in [0.25, 0.3) is 0 Å². The zero-order chi connectivity index (χ0) is 10.1. The van der Waals surface area contributed by atoms with Gasteiger partial charge in [0.1, 0.15) is 0 Å². The molecule has 13 heavy (non-hydrogen) atoms. The Bertz CT molecular complexity index is 96.3. The predicted octanol–water partition coefficient (Wildman–Crippen LogP) is 2.44. The highest BCUT2D eigenvalue weighted by Gasteiger charge is 2.08. The number of hydrogen-bond acceptors (Lipinski definition) is 2. The average molecular weight is 187 g/mol. The van der Waals surface area contributed by atoms with Gasteiger partial charge in [0.05, 0.1) is 0 Å². The molecule has 0 saturated carbocycles. The molecule has 0 heterocycles. The largest absolute Gasteiger partial charge is 0.385 e. The lowest BCUT2D eigenvalue weighted by Crippen LogP contribution is -2.32. The molecule has 1 atom stereocenters. The normalized spacial score (nSPS) is 13.6. The van der Waals surface area contributed by atoms with Crippen molar-refractivity contribution < 1.29 is 4.74 Å². The molecular formula is C11H25NO. The molecule has 0 fully saturated rings. The first-order valence-electron chi connectivity index (χ1n) is 5.43. The first-order chi connectivity index (χ1) is 6.20. The molecule has 0 aromatic rings. The summed E-state index contributed by atoms with van der Waals surface area (Å²) in [6, 6.07) is 0.639. The molecule has 1 unspecified atom stereocenters. The Morgan fingerprint density at radius 2 is 2.00 bits per heavy atom. The van der Waals surface area contributed by atoms with E-state index in [2.05, 4.69) is 26.1 Å². The maximum atomic E-state index is 5.09. The second kappa shape index (κ2) is 8.52. The summed E-state index contributed by atoms with van der Waals surface area (Å²) >= 11 is 0. The maximum absolute atomic E-state index is 5.09. The van der Waals surface area contributed by atoms with Crippen LogP contribution in [0.4, 0.5) is 0 Å². The van der Waals surface area contributed by atoms with E-state index in [4.69, 9.17) is 4.74 Å². The van der Waals surface area contributed by atoms with E-state index in [1.54, 1.807) is 7.11 Å². The van der Waals surface area contributed by atoms with Crippen LogP contribution in [0.3, 0.4) is 0 Å². The molecule has 0 rings (SSSR count). The molecule has 2 nitrogen and oxygen atoms in total. The summed E-state index contributed by atoms with van der Waals surface area (Å²) in [5.74, 6) is 0.770. The van der Waals surface area contributed by atoms with Crippen LogP contribution in [-0.4, -0.2) is 26.3 Å². The van der Waals surface area contributed by atoms with Gasteiger partial charge in [-0.1, -0.05) is 20.8 Å². The molecule has 0 saturated heterocycles. The molecule has 0 bridgehead atoms. The second-order valence-corrected chi connectivity index (χ2v) is 4.06. The van der Waals surface area contributed by atoms with E-state index in [0.29, 0.717) is 6.04 Å². The lowest BCUT2D eigenvalue weighted by molar-refractivity contribution is 0.178. The highest BCUT2D eigenvalue weighted by Crippen LogP contribution is 2.07. The minimum Gasteiger partial charge on any atom is -0.385 e. The summed E-state index contributed by atoms with van der Waals surface area (Å²) in [6.07, 6.45) is 3.60. The van der Waals surface area contributed by atoms with Crippen molar-refractivity contribution in [3.05, 3.63) is 0 Å². The zero-order valence-electron chi connectivity index (χ0n) is 9.60. The first-order valence-corrected chi connectivity index (χ1v) is 5.43. The van der Waals surface area contributed by atoms with Crippen molar-refractivity contribution in [1.29, 1.82) is 0 Å². The monoisotopic (exact) mass is 187 g/mol. The van der Waals surface area contributed by atoms with Gasteiger partial charge in [0.2, 0.25) is 0 Å². The van der Waals surface area contributed by atoms with Crippen LogP contribution in [0.1, 0.15) is 40.0 Å². The molecule has 1 N–H and O–H groups in total. The molecular weight excluding hydrogens is 162 g/mol. The Morgan fingerprint density at radius 3 is 2.46 bits per heavy atom. The van der Waals surface area contributed by atoms with E-state index in [9.17, 15) is 0 Å². The average Bonchev–Trinajstić information content (AvgIpc) is 2.09. The third-order valence-electron chi connectivity index (χ3n) is 2.11. The number of rotatable bonds is 8. The Balaban J connectivity index is 3.60. The fourth-order valence-electron chi connectivity index (χ4n) is 1.48. The third kappa shape index (κ3) is 8.26. The van der Waals surface area contributed by atoms with Crippen LogP contribution in [0.15, 0.2) is 0 Å². The highest BCUT2D eigenvalue weighted by atomic mass is 16.5. The fraction of sp³-hybridized carbons (Fsp3) is 1.00. The van der Waals surface area contributed by atoms with Crippen molar-refractivity contribution in [2.75, 3.05) is 20.3 Å². The van der Waals surface area contributed by atoms with E-state index in [1.165, 1.54) is 12.8 Å². The molecule has 0 aliphatic carbocycles.